The summed E-state index contributed by atoms with van der Waals surface area (Å²) in [5, 5.41) is 0. The third-order valence-electron chi connectivity index (χ3n) is 16.0. The van der Waals surface area contributed by atoms with Gasteiger partial charge in [-0.25, -0.2) is 0 Å². The van der Waals surface area contributed by atoms with Crippen LogP contribution in [0.25, 0.3) is 66.8 Å². The van der Waals surface area contributed by atoms with Gasteiger partial charge in [0.2, 0.25) is 0 Å². The lowest BCUT2D eigenvalue weighted by molar-refractivity contribution is 0.327. The lowest BCUT2D eigenvalue weighted by Crippen LogP contribution is -2.32. The first kappa shape index (κ1) is 38.3. The van der Waals surface area contributed by atoms with Crippen LogP contribution >= 0.6 is 0 Å². The van der Waals surface area contributed by atoms with Crippen molar-refractivity contribution in [2.75, 3.05) is 4.90 Å². The fourth-order valence-electron chi connectivity index (χ4n) is 13.2. The van der Waals surface area contributed by atoms with Crippen molar-refractivity contribution < 1.29 is 0 Å². The summed E-state index contributed by atoms with van der Waals surface area (Å²) in [6.45, 7) is 4.78. The normalized spacial score (nSPS) is 19.2. The van der Waals surface area contributed by atoms with Crippen LogP contribution in [0.1, 0.15) is 61.8 Å². The highest BCUT2D eigenvalue weighted by atomic mass is 15.1. The van der Waals surface area contributed by atoms with E-state index in [0.29, 0.717) is 5.92 Å². The van der Waals surface area contributed by atoms with Gasteiger partial charge in [0, 0.05) is 27.8 Å². The second-order valence-corrected chi connectivity index (χ2v) is 19.6. The summed E-state index contributed by atoms with van der Waals surface area (Å²) in [6, 6.07) is 79.9. The molecule has 4 aliphatic carbocycles. The fourth-order valence-corrected chi connectivity index (χ4v) is 13.2. The zero-order valence-corrected chi connectivity index (χ0v) is 37.1. The Kier molecular flexibility index (Phi) is 8.63. The molecule has 2 fully saturated rings. The van der Waals surface area contributed by atoms with Gasteiger partial charge in [-0.05, 0) is 151 Å². The standard InChI is InChI=1S/C64H51N/c1-63(2)58-25-12-9-22-54(58)56-24-15-23-52(62(56)63)45-29-33-48(34-30-45)65(49-35-37-55-53-21-10-13-26-59(53)64(60(55)40-49)41-42-28-32-47(64)38-42)61-27-14-11-20-51(61)46-31-36-50(43-16-5-3-6-17-43)57(39-46)44-18-7-4-8-19-44/h3-27,29-31,33-37,39-40,42,47H,28,32,38,41H2,1-2H3. The van der Waals surface area contributed by atoms with E-state index in [4.69, 9.17) is 0 Å². The SMILES string of the molecule is CC1(C)c2ccccc2-c2cccc(-c3ccc(N(c4ccc5c(c4)C4(CC6CCC4C6)c4ccccc4-5)c4ccccc4-c4ccc(-c5ccccc5)c(-c5ccccc5)c4)cc3)c21. The van der Waals surface area contributed by atoms with Gasteiger partial charge in [0.05, 0.1) is 5.69 Å². The third kappa shape index (κ3) is 5.77. The van der Waals surface area contributed by atoms with Crippen LogP contribution in [0.15, 0.2) is 212 Å². The van der Waals surface area contributed by atoms with Gasteiger partial charge in [-0.3, -0.25) is 0 Å². The Morgan fingerprint density at radius 1 is 0.385 bits per heavy atom. The molecule has 0 N–H and O–H groups in total. The Morgan fingerprint density at radius 3 is 1.66 bits per heavy atom. The summed E-state index contributed by atoms with van der Waals surface area (Å²) in [5.74, 6) is 1.50. The molecular formula is C64H51N. The third-order valence-corrected chi connectivity index (χ3v) is 16.0. The molecule has 0 heterocycles. The van der Waals surface area contributed by atoms with Gasteiger partial charge in [-0.2, -0.15) is 0 Å². The molecular weight excluding hydrogens is 783 g/mol. The number of hydrogen-bond acceptors (Lipinski definition) is 1. The molecule has 312 valence electrons. The molecule has 65 heavy (non-hydrogen) atoms. The molecule has 4 aliphatic rings. The summed E-state index contributed by atoms with van der Waals surface area (Å²) in [5.41, 5.74) is 24.8. The maximum Gasteiger partial charge on any atom is 0.0540 e. The van der Waals surface area contributed by atoms with Crippen molar-refractivity contribution in [2.45, 2.75) is 50.4 Å². The van der Waals surface area contributed by atoms with Crippen molar-refractivity contribution in [3.63, 3.8) is 0 Å². The Hall–Kier alpha value is -7.22. The molecule has 3 atom stereocenters. The van der Waals surface area contributed by atoms with Crippen LogP contribution in [0.4, 0.5) is 17.1 Å². The summed E-state index contributed by atoms with van der Waals surface area (Å²) in [7, 11) is 0. The van der Waals surface area contributed by atoms with E-state index in [1.165, 1.54) is 121 Å². The van der Waals surface area contributed by atoms with Gasteiger partial charge in [0.1, 0.15) is 0 Å². The van der Waals surface area contributed by atoms with E-state index in [1.807, 2.05) is 0 Å². The van der Waals surface area contributed by atoms with E-state index in [2.05, 4.69) is 231 Å². The average molecular weight is 834 g/mol. The van der Waals surface area contributed by atoms with Crippen LogP contribution in [-0.4, -0.2) is 0 Å². The van der Waals surface area contributed by atoms with Crippen LogP contribution < -0.4 is 4.90 Å². The maximum absolute atomic E-state index is 2.60. The first-order chi connectivity index (χ1) is 32.0. The Balaban J connectivity index is 0.993. The number of fused-ring (bicyclic) bond motifs is 11. The van der Waals surface area contributed by atoms with Gasteiger partial charge in [0.25, 0.3) is 0 Å². The molecule has 0 saturated heterocycles. The van der Waals surface area contributed by atoms with Crippen LogP contribution in [0, 0.1) is 11.8 Å². The van der Waals surface area contributed by atoms with Gasteiger partial charge >= 0.3 is 0 Å². The average Bonchev–Trinajstić information content (AvgIpc) is 4.12. The highest BCUT2D eigenvalue weighted by molar-refractivity contribution is 5.95. The molecule has 0 amide bonds. The van der Waals surface area contributed by atoms with Crippen molar-refractivity contribution in [3.05, 3.63) is 235 Å². The molecule has 9 aromatic rings. The molecule has 1 spiro atoms. The van der Waals surface area contributed by atoms with E-state index in [-0.39, 0.29) is 10.8 Å². The Bertz CT molecular complexity index is 3300. The molecule has 1 nitrogen and oxygen atoms in total. The molecule has 13 rings (SSSR count). The summed E-state index contributed by atoms with van der Waals surface area (Å²) in [6.07, 6.45) is 5.30. The van der Waals surface area contributed by atoms with Gasteiger partial charge in [-0.15, -0.1) is 0 Å². The minimum absolute atomic E-state index is 0.0792. The first-order valence-corrected chi connectivity index (χ1v) is 23.7. The molecule has 1 heteroatoms. The molecule has 0 aliphatic heterocycles. The second-order valence-electron chi connectivity index (χ2n) is 19.6. The predicted octanol–water partition coefficient (Wildman–Crippen LogP) is 17.2. The highest BCUT2D eigenvalue weighted by Crippen LogP contribution is 2.66. The largest absolute Gasteiger partial charge is 0.310 e. The van der Waals surface area contributed by atoms with Crippen LogP contribution in [0.5, 0.6) is 0 Å². The van der Waals surface area contributed by atoms with Crippen LogP contribution in [0.3, 0.4) is 0 Å². The molecule has 2 bridgehead atoms. The number of benzene rings is 9. The van der Waals surface area contributed by atoms with Gasteiger partial charge in [-0.1, -0.05) is 196 Å². The maximum atomic E-state index is 2.60. The zero-order chi connectivity index (χ0) is 43.3. The minimum atomic E-state index is -0.0987. The molecule has 2 saturated carbocycles. The predicted molar refractivity (Wildman–Crippen MR) is 272 cm³/mol. The quantitative estimate of drug-likeness (QED) is 0.155. The van der Waals surface area contributed by atoms with Crippen molar-refractivity contribution in [1.29, 1.82) is 0 Å². The van der Waals surface area contributed by atoms with Crippen LogP contribution in [-0.2, 0) is 10.8 Å². The lowest BCUT2D eigenvalue weighted by Gasteiger charge is -2.37. The topological polar surface area (TPSA) is 3.24 Å². The molecule has 3 unspecified atom stereocenters. The second kappa shape index (κ2) is 14.7. The van der Waals surface area contributed by atoms with Crippen LogP contribution in [0.2, 0.25) is 0 Å². The monoisotopic (exact) mass is 833 g/mol. The summed E-state index contributed by atoms with van der Waals surface area (Å²) >= 11 is 0. The van der Waals surface area contributed by atoms with E-state index in [9.17, 15) is 0 Å². The zero-order valence-electron chi connectivity index (χ0n) is 37.1. The number of rotatable bonds is 7. The minimum Gasteiger partial charge on any atom is -0.310 e. The van der Waals surface area contributed by atoms with Gasteiger partial charge < -0.3 is 4.90 Å². The van der Waals surface area contributed by atoms with E-state index >= 15 is 0 Å². The fraction of sp³-hybridized carbons (Fsp3) is 0.156. The van der Waals surface area contributed by atoms with E-state index in [1.54, 1.807) is 5.56 Å². The van der Waals surface area contributed by atoms with Crippen molar-refractivity contribution >= 4 is 17.1 Å². The van der Waals surface area contributed by atoms with Crippen molar-refractivity contribution in [3.8, 4) is 66.8 Å². The smallest absolute Gasteiger partial charge is 0.0540 e. The highest BCUT2D eigenvalue weighted by Gasteiger charge is 2.56. The Labute approximate surface area is 383 Å². The lowest BCUT2D eigenvalue weighted by atomic mass is 9.67. The number of para-hydroxylation sites is 1. The van der Waals surface area contributed by atoms with Gasteiger partial charge in [0.15, 0.2) is 0 Å². The Morgan fingerprint density at radius 2 is 0.938 bits per heavy atom. The first-order valence-electron chi connectivity index (χ1n) is 23.7. The van der Waals surface area contributed by atoms with E-state index in [0.717, 1.165) is 11.6 Å². The van der Waals surface area contributed by atoms with E-state index < -0.39 is 0 Å². The number of hydrogen-bond donors (Lipinski definition) is 0. The summed E-state index contributed by atoms with van der Waals surface area (Å²) < 4.78 is 0. The van der Waals surface area contributed by atoms with Crippen molar-refractivity contribution in [1.82, 2.24) is 0 Å². The number of nitrogens with zero attached hydrogens (tertiary/aromatic N) is 1. The van der Waals surface area contributed by atoms with Crippen molar-refractivity contribution in [2.24, 2.45) is 11.8 Å². The number of anilines is 3. The molecule has 9 aromatic carbocycles. The molecule has 0 aromatic heterocycles. The molecule has 0 radical (unpaired) electrons. The summed E-state index contributed by atoms with van der Waals surface area (Å²) in [4.78, 5) is 2.55.